The van der Waals surface area contributed by atoms with Crippen molar-refractivity contribution in [2.75, 3.05) is 12.3 Å². The van der Waals surface area contributed by atoms with E-state index in [1.54, 1.807) is 12.3 Å². The number of nitrogens with one attached hydrogen (secondary N) is 2. The molecule has 1 unspecified atom stereocenters. The molecule has 0 saturated carbocycles. The van der Waals surface area contributed by atoms with Crippen molar-refractivity contribution in [1.29, 1.82) is 0 Å². The van der Waals surface area contributed by atoms with Crippen LogP contribution in [0.1, 0.15) is 16.1 Å². The molecule has 2 aromatic rings. The number of carbonyl (C=O) groups is 1. The third kappa shape index (κ3) is 3.59. The molecule has 1 aromatic carbocycles. The lowest BCUT2D eigenvalue weighted by atomic mass is 10.1. The third-order valence-electron chi connectivity index (χ3n) is 2.83. The van der Waals surface area contributed by atoms with Crippen LogP contribution in [-0.4, -0.2) is 28.6 Å². The van der Waals surface area contributed by atoms with Gasteiger partial charge in [0.1, 0.15) is 5.69 Å². The number of aliphatic hydroxyl groups is 1. The molecule has 0 fully saturated rings. The fourth-order valence-electron chi connectivity index (χ4n) is 1.87. The monoisotopic (exact) mass is 259 g/mol. The lowest BCUT2D eigenvalue weighted by Gasteiger charge is -2.15. The van der Waals surface area contributed by atoms with Crippen molar-refractivity contribution in [1.82, 2.24) is 10.3 Å². The number of aromatic nitrogens is 1. The number of H-pyrrole nitrogens is 1. The van der Waals surface area contributed by atoms with Crippen molar-refractivity contribution in [3.63, 3.8) is 0 Å². The Morgan fingerprint density at radius 1 is 1.37 bits per heavy atom. The molecule has 1 atom stereocenters. The molecule has 1 aromatic heterocycles. The second-order valence-corrected chi connectivity index (χ2v) is 4.39. The summed E-state index contributed by atoms with van der Waals surface area (Å²) in [5, 5.41) is 12.1. The number of aliphatic hydroxyl groups excluding tert-OH is 1. The highest BCUT2D eigenvalue weighted by atomic mass is 16.3. The highest BCUT2D eigenvalue weighted by Crippen LogP contribution is 2.06. The van der Waals surface area contributed by atoms with Crippen LogP contribution in [0.15, 0.2) is 42.6 Å². The molecule has 0 bridgehead atoms. The molecular weight excluding hydrogens is 242 g/mol. The first-order valence-corrected chi connectivity index (χ1v) is 6.08. The minimum atomic E-state index is -0.320. The molecule has 5 N–H and O–H groups in total. The van der Waals surface area contributed by atoms with E-state index in [0.29, 0.717) is 17.8 Å². The maximum absolute atomic E-state index is 11.9. The number of nitrogens with two attached hydrogens (primary N) is 1. The average Bonchev–Trinajstić information content (AvgIpc) is 2.86. The van der Waals surface area contributed by atoms with E-state index >= 15 is 0 Å². The summed E-state index contributed by atoms with van der Waals surface area (Å²) in [6, 6.07) is 10.9. The van der Waals surface area contributed by atoms with Gasteiger partial charge in [0.2, 0.25) is 0 Å². The highest BCUT2D eigenvalue weighted by molar-refractivity contribution is 5.93. The van der Waals surface area contributed by atoms with Gasteiger partial charge >= 0.3 is 0 Å². The molecule has 0 spiro atoms. The van der Waals surface area contributed by atoms with Gasteiger partial charge in [0.15, 0.2) is 0 Å². The van der Waals surface area contributed by atoms with E-state index in [2.05, 4.69) is 10.3 Å². The standard InChI is InChI=1S/C14H17N3O2/c15-11-7-13(16-8-11)14(19)17-12(9-18)6-10-4-2-1-3-5-10/h1-5,7-8,12,16,18H,6,9,15H2,(H,17,19). The molecule has 0 aliphatic heterocycles. The van der Waals surface area contributed by atoms with E-state index in [-0.39, 0.29) is 18.6 Å². The second-order valence-electron chi connectivity index (χ2n) is 4.39. The first kappa shape index (κ1) is 13.2. The van der Waals surface area contributed by atoms with E-state index in [1.165, 1.54) is 0 Å². The lowest BCUT2D eigenvalue weighted by Crippen LogP contribution is -2.39. The topological polar surface area (TPSA) is 91.1 Å². The number of rotatable bonds is 5. The van der Waals surface area contributed by atoms with Gasteiger partial charge in [0.05, 0.1) is 12.6 Å². The molecule has 2 rings (SSSR count). The number of hydrogen-bond donors (Lipinski definition) is 4. The van der Waals surface area contributed by atoms with Crippen LogP contribution in [0.25, 0.3) is 0 Å². The molecule has 0 aliphatic rings. The van der Waals surface area contributed by atoms with Crippen LogP contribution < -0.4 is 11.1 Å². The predicted octanol–water partition coefficient (Wildman–Crippen LogP) is 0.930. The van der Waals surface area contributed by atoms with Gasteiger partial charge < -0.3 is 21.1 Å². The maximum atomic E-state index is 11.9. The first-order chi connectivity index (χ1) is 9.19. The van der Waals surface area contributed by atoms with Gasteiger partial charge in [0.25, 0.3) is 5.91 Å². The van der Waals surface area contributed by atoms with E-state index in [4.69, 9.17) is 5.73 Å². The molecule has 0 radical (unpaired) electrons. The quantitative estimate of drug-likeness (QED) is 0.643. The van der Waals surface area contributed by atoms with Crippen LogP contribution in [0.5, 0.6) is 0 Å². The van der Waals surface area contributed by atoms with Crippen molar-refractivity contribution in [2.24, 2.45) is 0 Å². The zero-order valence-electron chi connectivity index (χ0n) is 10.5. The normalized spacial score (nSPS) is 12.1. The molecule has 5 heteroatoms. The summed E-state index contributed by atoms with van der Waals surface area (Å²) in [6.07, 6.45) is 2.14. The number of aromatic amines is 1. The Hall–Kier alpha value is -2.27. The first-order valence-electron chi connectivity index (χ1n) is 6.08. The zero-order chi connectivity index (χ0) is 13.7. The van der Waals surface area contributed by atoms with Crippen LogP contribution >= 0.6 is 0 Å². The summed E-state index contributed by atoms with van der Waals surface area (Å²) < 4.78 is 0. The van der Waals surface area contributed by atoms with Gasteiger partial charge in [-0.2, -0.15) is 0 Å². The number of amides is 1. The Morgan fingerprint density at radius 3 is 2.68 bits per heavy atom. The van der Waals surface area contributed by atoms with Crippen molar-refractivity contribution >= 4 is 11.6 Å². The summed E-state index contributed by atoms with van der Waals surface area (Å²) in [5.41, 5.74) is 7.51. The van der Waals surface area contributed by atoms with Crippen LogP contribution in [0.2, 0.25) is 0 Å². The second kappa shape index (κ2) is 6.06. The summed E-state index contributed by atoms with van der Waals surface area (Å²) in [5.74, 6) is -0.272. The van der Waals surface area contributed by atoms with Crippen molar-refractivity contribution in [3.05, 3.63) is 53.9 Å². The van der Waals surface area contributed by atoms with Gasteiger partial charge in [-0.3, -0.25) is 4.79 Å². The molecule has 19 heavy (non-hydrogen) atoms. The van der Waals surface area contributed by atoms with E-state index in [9.17, 15) is 9.90 Å². The fraction of sp³-hybridized carbons (Fsp3) is 0.214. The van der Waals surface area contributed by atoms with Gasteiger partial charge in [0, 0.05) is 11.9 Å². The number of benzene rings is 1. The van der Waals surface area contributed by atoms with Crippen LogP contribution in [0, 0.1) is 0 Å². The number of hydrogen-bond acceptors (Lipinski definition) is 3. The molecule has 0 saturated heterocycles. The SMILES string of the molecule is Nc1c[nH]c(C(=O)NC(CO)Cc2ccccc2)c1. The molecule has 1 heterocycles. The van der Waals surface area contributed by atoms with Gasteiger partial charge in [-0.15, -0.1) is 0 Å². The summed E-state index contributed by atoms with van der Waals surface area (Å²) in [6.45, 7) is -0.114. The number of anilines is 1. The van der Waals surface area contributed by atoms with Crippen LogP contribution in [-0.2, 0) is 6.42 Å². The minimum absolute atomic E-state index is 0.114. The van der Waals surface area contributed by atoms with Crippen LogP contribution in [0.3, 0.4) is 0 Å². The third-order valence-corrected chi connectivity index (χ3v) is 2.83. The Balaban J connectivity index is 1.97. The average molecular weight is 259 g/mol. The minimum Gasteiger partial charge on any atom is -0.397 e. The fourth-order valence-corrected chi connectivity index (χ4v) is 1.87. The highest BCUT2D eigenvalue weighted by Gasteiger charge is 2.14. The molecule has 100 valence electrons. The lowest BCUT2D eigenvalue weighted by molar-refractivity contribution is 0.0912. The summed E-state index contributed by atoms with van der Waals surface area (Å²) >= 11 is 0. The van der Waals surface area contributed by atoms with Gasteiger partial charge in [-0.25, -0.2) is 0 Å². The number of carbonyl (C=O) groups excluding carboxylic acids is 1. The maximum Gasteiger partial charge on any atom is 0.268 e. The largest absolute Gasteiger partial charge is 0.397 e. The molecule has 5 nitrogen and oxygen atoms in total. The smallest absolute Gasteiger partial charge is 0.268 e. The Bertz CT molecular complexity index is 537. The predicted molar refractivity (Wildman–Crippen MR) is 73.7 cm³/mol. The Labute approximate surface area is 111 Å². The molecule has 0 aliphatic carbocycles. The Morgan fingerprint density at radius 2 is 2.11 bits per heavy atom. The van der Waals surface area contributed by atoms with Crippen LogP contribution in [0.4, 0.5) is 5.69 Å². The summed E-state index contributed by atoms with van der Waals surface area (Å²) in [7, 11) is 0. The van der Waals surface area contributed by atoms with E-state index < -0.39 is 0 Å². The van der Waals surface area contributed by atoms with Crippen molar-refractivity contribution < 1.29 is 9.90 Å². The van der Waals surface area contributed by atoms with E-state index in [0.717, 1.165) is 5.56 Å². The molecular formula is C14H17N3O2. The summed E-state index contributed by atoms with van der Waals surface area (Å²) in [4.78, 5) is 14.7. The number of nitrogen functional groups attached to an aromatic ring is 1. The Kier molecular flexibility index (Phi) is 4.20. The molecule has 1 amide bonds. The van der Waals surface area contributed by atoms with Crippen molar-refractivity contribution in [2.45, 2.75) is 12.5 Å². The van der Waals surface area contributed by atoms with E-state index in [1.807, 2.05) is 30.3 Å². The van der Waals surface area contributed by atoms with Gasteiger partial charge in [-0.1, -0.05) is 30.3 Å². The van der Waals surface area contributed by atoms with Gasteiger partial charge in [-0.05, 0) is 18.1 Å². The zero-order valence-corrected chi connectivity index (χ0v) is 10.5. The van der Waals surface area contributed by atoms with Crippen molar-refractivity contribution in [3.8, 4) is 0 Å².